The number of halogens is 2. The van der Waals surface area contributed by atoms with Gasteiger partial charge in [-0.05, 0) is 12.0 Å². The number of hydrogen-bond donors (Lipinski definition) is 0. The SMILES string of the molecule is COc1ccnc(C(C)C)c1CCl.Cl. The van der Waals surface area contributed by atoms with Gasteiger partial charge in [0.1, 0.15) is 5.75 Å². The molecule has 0 N–H and O–H groups in total. The summed E-state index contributed by atoms with van der Waals surface area (Å²) < 4.78 is 5.20. The van der Waals surface area contributed by atoms with E-state index < -0.39 is 0 Å². The minimum Gasteiger partial charge on any atom is -0.496 e. The van der Waals surface area contributed by atoms with Crippen LogP contribution in [0.2, 0.25) is 0 Å². The third-order valence-corrected chi connectivity index (χ3v) is 2.21. The molecule has 0 aliphatic rings. The van der Waals surface area contributed by atoms with E-state index in [1.54, 1.807) is 13.3 Å². The predicted molar refractivity (Wildman–Crippen MR) is 61.7 cm³/mol. The van der Waals surface area contributed by atoms with Crippen LogP contribution in [0.5, 0.6) is 5.75 Å². The lowest BCUT2D eigenvalue weighted by molar-refractivity contribution is 0.409. The molecule has 1 heterocycles. The molecule has 0 atom stereocenters. The number of rotatable bonds is 3. The van der Waals surface area contributed by atoms with E-state index in [1.807, 2.05) is 6.07 Å². The van der Waals surface area contributed by atoms with Gasteiger partial charge in [-0.25, -0.2) is 0 Å². The Morgan fingerprint density at radius 2 is 2.14 bits per heavy atom. The number of ether oxygens (including phenoxy) is 1. The molecule has 0 saturated carbocycles. The Kier molecular flexibility index (Phi) is 5.89. The molecule has 80 valence electrons. The van der Waals surface area contributed by atoms with Crippen LogP contribution in [0, 0.1) is 0 Å². The Balaban J connectivity index is 0.00000169. The summed E-state index contributed by atoms with van der Waals surface area (Å²) in [7, 11) is 1.65. The van der Waals surface area contributed by atoms with Crippen molar-refractivity contribution in [3.05, 3.63) is 23.5 Å². The summed E-state index contributed by atoms with van der Waals surface area (Å²) >= 11 is 5.84. The summed E-state index contributed by atoms with van der Waals surface area (Å²) in [5, 5.41) is 0. The molecule has 0 aliphatic carbocycles. The zero-order valence-electron chi connectivity index (χ0n) is 8.58. The van der Waals surface area contributed by atoms with Gasteiger partial charge in [0.2, 0.25) is 0 Å². The molecule has 4 heteroatoms. The average molecular weight is 236 g/mol. The smallest absolute Gasteiger partial charge is 0.126 e. The Bertz CT molecular complexity index is 289. The first-order chi connectivity index (χ1) is 6.20. The summed E-state index contributed by atoms with van der Waals surface area (Å²) in [4.78, 5) is 4.29. The minimum absolute atomic E-state index is 0. The number of alkyl halides is 1. The monoisotopic (exact) mass is 235 g/mol. The fourth-order valence-electron chi connectivity index (χ4n) is 1.31. The van der Waals surface area contributed by atoms with Crippen molar-refractivity contribution in [2.24, 2.45) is 0 Å². The lowest BCUT2D eigenvalue weighted by Gasteiger charge is -2.12. The fraction of sp³-hybridized carbons (Fsp3) is 0.500. The maximum Gasteiger partial charge on any atom is 0.126 e. The minimum atomic E-state index is 0. The number of methoxy groups -OCH3 is 1. The summed E-state index contributed by atoms with van der Waals surface area (Å²) in [6, 6.07) is 1.84. The first kappa shape index (κ1) is 13.5. The molecule has 0 bridgehead atoms. The number of pyridine rings is 1. The van der Waals surface area contributed by atoms with Crippen LogP contribution in [0.25, 0.3) is 0 Å². The van der Waals surface area contributed by atoms with Gasteiger partial charge in [-0.1, -0.05) is 13.8 Å². The Morgan fingerprint density at radius 1 is 1.50 bits per heavy atom. The molecule has 0 radical (unpaired) electrons. The van der Waals surface area contributed by atoms with Gasteiger partial charge in [-0.2, -0.15) is 0 Å². The molecule has 1 aromatic heterocycles. The fourth-order valence-corrected chi connectivity index (χ4v) is 1.58. The van der Waals surface area contributed by atoms with Crippen molar-refractivity contribution in [2.75, 3.05) is 7.11 Å². The van der Waals surface area contributed by atoms with Gasteiger partial charge in [0.25, 0.3) is 0 Å². The molecular weight excluding hydrogens is 221 g/mol. The first-order valence-corrected chi connectivity index (χ1v) is 4.81. The largest absolute Gasteiger partial charge is 0.496 e. The Morgan fingerprint density at radius 3 is 2.57 bits per heavy atom. The van der Waals surface area contributed by atoms with E-state index in [4.69, 9.17) is 16.3 Å². The van der Waals surface area contributed by atoms with Crippen LogP contribution in [0.15, 0.2) is 12.3 Å². The normalized spacial score (nSPS) is 9.79. The average Bonchev–Trinajstić information content (AvgIpc) is 2.16. The van der Waals surface area contributed by atoms with Crippen LogP contribution in [0.4, 0.5) is 0 Å². The zero-order chi connectivity index (χ0) is 9.84. The van der Waals surface area contributed by atoms with E-state index in [-0.39, 0.29) is 12.4 Å². The third kappa shape index (κ3) is 2.76. The predicted octanol–water partition coefficient (Wildman–Crippen LogP) is 3.37. The highest BCUT2D eigenvalue weighted by atomic mass is 35.5. The molecule has 1 rings (SSSR count). The van der Waals surface area contributed by atoms with Gasteiger partial charge in [-0.3, -0.25) is 4.98 Å². The maximum atomic E-state index is 5.84. The second-order valence-corrected chi connectivity index (χ2v) is 3.43. The van der Waals surface area contributed by atoms with E-state index >= 15 is 0 Å². The Hall–Kier alpha value is -0.470. The molecule has 0 aliphatic heterocycles. The highest BCUT2D eigenvalue weighted by Crippen LogP contribution is 2.26. The zero-order valence-corrected chi connectivity index (χ0v) is 10.2. The molecule has 14 heavy (non-hydrogen) atoms. The molecular formula is C10H15Cl2NO. The van der Waals surface area contributed by atoms with Crippen LogP contribution in [-0.2, 0) is 5.88 Å². The van der Waals surface area contributed by atoms with E-state index in [1.165, 1.54) is 0 Å². The number of hydrogen-bond acceptors (Lipinski definition) is 2. The van der Waals surface area contributed by atoms with Crippen LogP contribution in [0.3, 0.4) is 0 Å². The molecule has 0 aromatic carbocycles. The van der Waals surface area contributed by atoms with Gasteiger partial charge >= 0.3 is 0 Å². The molecule has 1 aromatic rings. The van der Waals surface area contributed by atoms with E-state index in [2.05, 4.69) is 18.8 Å². The Labute approximate surface area is 96.0 Å². The topological polar surface area (TPSA) is 22.1 Å². The molecule has 0 fully saturated rings. The van der Waals surface area contributed by atoms with Crippen molar-refractivity contribution in [2.45, 2.75) is 25.6 Å². The first-order valence-electron chi connectivity index (χ1n) is 4.28. The highest BCUT2D eigenvalue weighted by Gasteiger charge is 2.11. The van der Waals surface area contributed by atoms with Gasteiger partial charge in [0, 0.05) is 11.8 Å². The van der Waals surface area contributed by atoms with E-state index in [0.717, 1.165) is 17.0 Å². The van der Waals surface area contributed by atoms with Crippen LogP contribution < -0.4 is 4.74 Å². The van der Waals surface area contributed by atoms with Crippen molar-refractivity contribution in [1.82, 2.24) is 4.98 Å². The van der Waals surface area contributed by atoms with Crippen LogP contribution >= 0.6 is 24.0 Å². The van der Waals surface area contributed by atoms with E-state index in [9.17, 15) is 0 Å². The standard InChI is InChI=1S/C10H14ClNO.ClH/c1-7(2)10-8(6-11)9(13-3)4-5-12-10;/h4-5,7H,6H2,1-3H3;1H. The van der Waals surface area contributed by atoms with Gasteiger partial charge in [0.15, 0.2) is 0 Å². The van der Waals surface area contributed by atoms with Crippen LogP contribution in [0.1, 0.15) is 31.0 Å². The number of nitrogens with zero attached hydrogens (tertiary/aromatic N) is 1. The van der Waals surface area contributed by atoms with Crippen molar-refractivity contribution in [1.29, 1.82) is 0 Å². The van der Waals surface area contributed by atoms with Crippen LogP contribution in [-0.4, -0.2) is 12.1 Å². The lowest BCUT2D eigenvalue weighted by Crippen LogP contribution is -2.00. The third-order valence-electron chi connectivity index (χ3n) is 1.95. The van der Waals surface area contributed by atoms with Gasteiger partial charge in [0.05, 0.1) is 18.7 Å². The lowest BCUT2D eigenvalue weighted by atomic mass is 10.0. The summed E-state index contributed by atoms with van der Waals surface area (Å²) in [5.74, 6) is 1.65. The van der Waals surface area contributed by atoms with Gasteiger partial charge < -0.3 is 4.74 Å². The van der Waals surface area contributed by atoms with Crippen molar-refractivity contribution in [3.8, 4) is 5.75 Å². The van der Waals surface area contributed by atoms with Crippen molar-refractivity contribution in [3.63, 3.8) is 0 Å². The van der Waals surface area contributed by atoms with E-state index in [0.29, 0.717) is 11.8 Å². The summed E-state index contributed by atoms with van der Waals surface area (Å²) in [6.07, 6.45) is 1.75. The highest BCUT2D eigenvalue weighted by molar-refractivity contribution is 6.17. The molecule has 2 nitrogen and oxygen atoms in total. The molecule has 0 unspecified atom stereocenters. The maximum absolute atomic E-state index is 5.84. The summed E-state index contributed by atoms with van der Waals surface area (Å²) in [5.41, 5.74) is 2.02. The number of aromatic nitrogens is 1. The van der Waals surface area contributed by atoms with Gasteiger partial charge in [-0.15, -0.1) is 24.0 Å². The van der Waals surface area contributed by atoms with Crippen molar-refractivity contribution >= 4 is 24.0 Å². The molecule has 0 saturated heterocycles. The molecule has 0 amide bonds. The second-order valence-electron chi connectivity index (χ2n) is 3.17. The second kappa shape index (κ2) is 6.10. The summed E-state index contributed by atoms with van der Waals surface area (Å²) in [6.45, 7) is 4.19. The van der Waals surface area contributed by atoms with Crippen molar-refractivity contribution < 1.29 is 4.74 Å². The quantitative estimate of drug-likeness (QED) is 0.750. The molecule has 0 spiro atoms.